The highest BCUT2D eigenvalue weighted by Crippen LogP contribution is 2.49. The van der Waals surface area contributed by atoms with Gasteiger partial charge in [-0.3, -0.25) is 14.4 Å². The molecule has 0 aliphatic heterocycles. The molecule has 0 aromatic rings. The van der Waals surface area contributed by atoms with Gasteiger partial charge in [0.05, 0.1) is 7.11 Å². The number of carbonyl (C=O) groups excluding carboxylic acids is 3. The summed E-state index contributed by atoms with van der Waals surface area (Å²) in [6.45, 7) is 1.90. The Morgan fingerprint density at radius 2 is 2.06 bits per heavy atom. The van der Waals surface area contributed by atoms with Crippen molar-refractivity contribution in [1.29, 1.82) is 0 Å². The van der Waals surface area contributed by atoms with Crippen LogP contribution in [0.2, 0.25) is 0 Å². The Balaban J connectivity index is 2.34. The number of hydrogen-bond acceptors (Lipinski definition) is 4. The zero-order valence-corrected chi connectivity index (χ0v) is 10.3. The lowest BCUT2D eigenvalue weighted by Crippen LogP contribution is -2.51. The summed E-state index contributed by atoms with van der Waals surface area (Å²) in [4.78, 5) is 35.7. The maximum absolute atomic E-state index is 12.1. The molecule has 0 bridgehead atoms. The summed E-state index contributed by atoms with van der Waals surface area (Å²) in [5.41, 5.74) is -0.495. The summed E-state index contributed by atoms with van der Waals surface area (Å²) in [5.74, 6) is -1.20. The highest BCUT2D eigenvalue weighted by molar-refractivity contribution is 6.02. The van der Waals surface area contributed by atoms with E-state index in [0.717, 1.165) is 12.8 Å². The largest absolute Gasteiger partial charge is 0.468 e. The lowest BCUT2D eigenvalue weighted by molar-refractivity contribution is -0.161. The number of esters is 1. The number of rotatable bonds is 1. The molecule has 2 saturated carbocycles. The molecule has 0 heterocycles. The Morgan fingerprint density at radius 3 is 2.71 bits per heavy atom. The first-order valence-corrected chi connectivity index (χ1v) is 6.14. The topological polar surface area (TPSA) is 60.4 Å². The van der Waals surface area contributed by atoms with Crippen molar-refractivity contribution in [2.45, 2.75) is 39.0 Å². The molecule has 4 nitrogen and oxygen atoms in total. The van der Waals surface area contributed by atoms with Crippen LogP contribution < -0.4 is 0 Å². The number of ketones is 2. The molecule has 2 aliphatic rings. The van der Waals surface area contributed by atoms with Crippen molar-refractivity contribution in [3.8, 4) is 0 Å². The maximum atomic E-state index is 12.1. The zero-order valence-electron chi connectivity index (χ0n) is 10.3. The van der Waals surface area contributed by atoms with Crippen molar-refractivity contribution in [1.82, 2.24) is 0 Å². The molecule has 94 valence electrons. The molecule has 4 heteroatoms. The number of hydrogen-bond donors (Lipinski definition) is 0. The first-order valence-electron chi connectivity index (χ1n) is 6.14. The lowest BCUT2D eigenvalue weighted by Gasteiger charge is -2.46. The summed E-state index contributed by atoms with van der Waals surface area (Å²) in [7, 11) is 1.30. The van der Waals surface area contributed by atoms with Crippen LogP contribution in [-0.4, -0.2) is 24.6 Å². The lowest BCUT2D eigenvalue weighted by atomic mass is 9.56. The molecule has 1 unspecified atom stereocenters. The predicted molar refractivity (Wildman–Crippen MR) is 60.2 cm³/mol. The molecule has 2 rings (SSSR count). The molecule has 0 aromatic heterocycles. The van der Waals surface area contributed by atoms with Crippen LogP contribution in [0.25, 0.3) is 0 Å². The van der Waals surface area contributed by atoms with Gasteiger partial charge in [0, 0.05) is 18.3 Å². The van der Waals surface area contributed by atoms with E-state index in [1.165, 1.54) is 7.11 Å². The van der Waals surface area contributed by atoms with Crippen LogP contribution in [-0.2, 0) is 19.1 Å². The molecule has 0 spiro atoms. The number of Topliss-reactive ketones (excluding diaryl/α,β-unsaturated/α-hetero) is 2. The standard InChI is InChI=1S/C13H18O4/c1-13-7-6-9(14)11(12(16)17-2)8(13)4-3-5-10(13)15/h8,11H,3-7H2,1-2H3/t8-,11?,13+/m1/s1. The average molecular weight is 238 g/mol. The monoisotopic (exact) mass is 238 g/mol. The molecule has 0 radical (unpaired) electrons. The number of ether oxygens (including phenoxy) is 1. The van der Waals surface area contributed by atoms with E-state index in [0.29, 0.717) is 19.3 Å². The number of carbonyl (C=O) groups is 3. The molecular weight excluding hydrogens is 220 g/mol. The van der Waals surface area contributed by atoms with E-state index < -0.39 is 17.3 Å². The van der Waals surface area contributed by atoms with Crippen LogP contribution in [0.1, 0.15) is 39.0 Å². The Kier molecular flexibility index (Phi) is 3.06. The minimum Gasteiger partial charge on any atom is -0.468 e. The third-order valence-electron chi connectivity index (χ3n) is 4.47. The van der Waals surface area contributed by atoms with Gasteiger partial charge in [-0.1, -0.05) is 6.92 Å². The van der Waals surface area contributed by atoms with Gasteiger partial charge in [0.25, 0.3) is 0 Å². The summed E-state index contributed by atoms with van der Waals surface area (Å²) in [6, 6.07) is 0. The van der Waals surface area contributed by atoms with E-state index in [1.54, 1.807) is 0 Å². The smallest absolute Gasteiger partial charge is 0.316 e. The van der Waals surface area contributed by atoms with Gasteiger partial charge in [-0.2, -0.15) is 0 Å². The molecule has 0 saturated heterocycles. The fourth-order valence-corrected chi connectivity index (χ4v) is 3.34. The maximum Gasteiger partial charge on any atom is 0.316 e. The molecular formula is C13H18O4. The van der Waals surface area contributed by atoms with Crippen molar-refractivity contribution in [2.75, 3.05) is 7.11 Å². The van der Waals surface area contributed by atoms with Crippen molar-refractivity contribution in [2.24, 2.45) is 17.3 Å². The van der Waals surface area contributed by atoms with Crippen LogP contribution in [0.4, 0.5) is 0 Å². The Morgan fingerprint density at radius 1 is 1.35 bits per heavy atom. The van der Waals surface area contributed by atoms with Crippen LogP contribution >= 0.6 is 0 Å². The minimum atomic E-state index is -0.719. The molecule has 17 heavy (non-hydrogen) atoms. The fraction of sp³-hybridized carbons (Fsp3) is 0.769. The fourth-order valence-electron chi connectivity index (χ4n) is 3.34. The van der Waals surface area contributed by atoms with E-state index >= 15 is 0 Å². The third-order valence-corrected chi connectivity index (χ3v) is 4.47. The van der Waals surface area contributed by atoms with Crippen molar-refractivity contribution in [3.63, 3.8) is 0 Å². The summed E-state index contributed by atoms with van der Waals surface area (Å²) in [6.07, 6.45) is 3.03. The van der Waals surface area contributed by atoms with Crippen molar-refractivity contribution < 1.29 is 19.1 Å². The van der Waals surface area contributed by atoms with E-state index in [9.17, 15) is 14.4 Å². The Bertz CT molecular complexity index is 366. The normalized spacial score (nSPS) is 37.5. The van der Waals surface area contributed by atoms with Gasteiger partial charge in [0.2, 0.25) is 0 Å². The number of methoxy groups -OCH3 is 1. The van der Waals surface area contributed by atoms with E-state index in [4.69, 9.17) is 4.74 Å². The van der Waals surface area contributed by atoms with E-state index in [2.05, 4.69) is 0 Å². The van der Waals surface area contributed by atoms with Crippen molar-refractivity contribution in [3.05, 3.63) is 0 Å². The second-order valence-corrected chi connectivity index (χ2v) is 5.31. The molecule has 2 aliphatic carbocycles. The van der Waals surface area contributed by atoms with Gasteiger partial charge < -0.3 is 4.74 Å². The zero-order chi connectivity index (χ0) is 12.6. The van der Waals surface area contributed by atoms with Gasteiger partial charge in [-0.15, -0.1) is 0 Å². The summed E-state index contributed by atoms with van der Waals surface area (Å²) < 4.78 is 4.72. The van der Waals surface area contributed by atoms with Crippen LogP contribution in [0, 0.1) is 17.3 Å². The third kappa shape index (κ3) is 1.79. The van der Waals surface area contributed by atoms with E-state index in [1.807, 2.05) is 6.92 Å². The summed E-state index contributed by atoms with van der Waals surface area (Å²) >= 11 is 0. The van der Waals surface area contributed by atoms with Gasteiger partial charge >= 0.3 is 5.97 Å². The molecule has 0 amide bonds. The highest BCUT2D eigenvalue weighted by Gasteiger charge is 2.54. The van der Waals surface area contributed by atoms with Gasteiger partial charge in [0.15, 0.2) is 0 Å². The first-order chi connectivity index (χ1) is 8.00. The average Bonchev–Trinajstić information content (AvgIpc) is 2.31. The minimum absolute atomic E-state index is 0.0611. The van der Waals surface area contributed by atoms with Gasteiger partial charge in [0.1, 0.15) is 17.5 Å². The SMILES string of the molecule is COC(=O)C1C(=O)CC[C@]2(C)C(=O)CCC[C@H]12. The molecule has 0 aromatic carbocycles. The molecule has 3 atom stereocenters. The second-order valence-electron chi connectivity index (χ2n) is 5.31. The quantitative estimate of drug-likeness (QED) is 0.513. The van der Waals surface area contributed by atoms with E-state index in [-0.39, 0.29) is 17.5 Å². The molecule has 0 N–H and O–H groups in total. The Labute approximate surface area is 101 Å². The Hall–Kier alpha value is -1.19. The first kappa shape index (κ1) is 12.3. The number of fused-ring (bicyclic) bond motifs is 1. The van der Waals surface area contributed by atoms with Gasteiger partial charge in [-0.25, -0.2) is 0 Å². The highest BCUT2D eigenvalue weighted by atomic mass is 16.5. The van der Waals surface area contributed by atoms with Crippen molar-refractivity contribution >= 4 is 17.5 Å². The summed E-state index contributed by atoms with van der Waals surface area (Å²) in [5, 5.41) is 0. The van der Waals surface area contributed by atoms with Crippen LogP contribution in [0.5, 0.6) is 0 Å². The van der Waals surface area contributed by atoms with Gasteiger partial charge in [-0.05, 0) is 25.2 Å². The molecule has 2 fully saturated rings. The van der Waals surface area contributed by atoms with Crippen LogP contribution in [0.3, 0.4) is 0 Å². The predicted octanol–water partition coefficient (Wildman–Crippen LogP) is 1.51. The van der Waals surface area contributed by atoms with Crippen LogP contribution in [0.15, 0.2) is 0 Å². The second kappa shape index (κ2) is 4.24.